The second-order valence-electron chi connectivity index (χ2n) is 8.65. The van der Waals surface area contributed by atoms with E-state index >= 15 is 0 Å². The minimum Gasteiger partial charge on any atom is -0.348 e. The Bertz CT molecular complexity index is 1130. The number of anilines is 1. The van der Waals surface area contributed by atoms with Crippen molar-refractivity contribution in [1.29, 1.82) is 0 Å². The van der Waals surface area contributed by atoms with Gasteiger partial charge in [0.15, 0.2) is 0 Å². The minimum absolute atomic E-state index is 0.00904. The van der Waals surface area contributed by atoms with E-state index < -0.39 is 16.1 Å². The van der Waals surface area contributed by atoms with Crippen LogP contribution >= 0.6 is 0 Å². The van der Waals surface area contributed by atoms with Gasteiger partial charge in [0.1, 0.15) is 6.04 Å². The number of carbonyl (C=O) groups is 2. The van der Waals surface area contributed by atoms with Crippen LogP contribution < -0.4 is 10.2 Å². The number of hydrogen-bond donors (Lipinski definition) is 1. The second-order valence-corrected chi connectivity index (χ2v) is 10.5. The molecule has 2 aromatic rings. The van der Waals surface area contributed by atoms with Gasteiger partial charge in [0, 0.05) is 25.2 Å². The Kier molecular flexibility index (Phi) is 6.09. The Morgan fingerprint density at radius 3 is 2.53 bits per heavy atom. The molecule has 2 aromatic carbocycles. The highest BCUT2D eigenvalue weighted by molar-refractivity contribution is 7.89. The molecule has 2 aliphatic heterocycles. The van der Waals surface area contributed by atoms with Crippen LogP contribution in [0.2, 0.25) is 0 Å². The number of benzene rings is 2. The van der Waals surface area contributed by atoms with Crippen molar-refractivity contribution in [3.05, 3.63) is 59.7 Å². The number of hydrogen-bond acceptors (Lipinski definition) is 4. The number of amides is 2. The van der Waals surface area contributed by atoms with Crippen LogP contribution in [0.5, 0.6) is 0 Å². The first kappa shape index (κ1) is 22.5. The minimum atomic E-state index is -3.84. The molecule has 1 saturated heterocycles. The quantitative estimate of drug-likeness (QED) is 0.751. The first-order chi connectivity index (χ1) is 15.2. The van der Waals surface area contributed by atoms with Crippen LogP contribution in [0.3, 0.4) is 0 Å². The van der Waals surface area contributed by atoms with Gasteiger partial charge in [-0.1, -0.05) is 30.3 Å². The summed E-state index contributed by atoms with van der Waals surface area (Å²) < 4.78 is 28.3. The van der Waals surface area contributed by atoms with Gasteiger partial charge >= 0.3 is 0 Å². The lowest BCUT2D eigenvalue weighted by molar-refractivity contribution is -0.124. The summed E-state index contributed by atoms with van der Waals surface area (Å²) in [6.45, 7) is 5.67. The summed E-state index contributed by atoms with van der Waals surface area (Å²) in [5.41, 5.74) is 2.57. The topological polar surface area (TPSA) is 86.8 Å². The van der Waals surface area contributed by atoms with E-state index in [1.165, 1.54) is 11.2 Å². The fourth-order valence-electron chi connectivity index (χ4n) is 4.81. The maximum atomic E-state index is 13.5. The molecule has 0 aliphatic carbocycles. The predicted octanol–water partition coefficient (Wildman–Crippen LogP) is 3.01. The van der Waals surface area contributed by atoms with Crippen LogP contribution in [-0.2, 0) is 26.0 Å². The van der Waals surface area contributed by atoms with E-state index in [1.54, 1.807) is 23.1 Å². The summed E-state index contributed by atoms with van der Waals surface area (Å²) in [6.07, 6.45) is 1.74. The molecule has 1 fully saturated rings. The zero-order chi connectivity index (χ0) is 23.0. The fraction of sp³-hybridized carbons (Fsp3) is 0.417. The number of nitrogens with one attached hydrogen (secondary N) is 1. The van der Waals surface area contributed by atoms with Crippen molar-refractivity contribution in [3.63, 3.8) is 0 Å². The monoisotopic (exact) mass is 455 g/mol. The van der Waals surface area contributed by atoms with Crippen molar-refractivity contribution < 1.29 is 18.0 Å². The molecular weight excluding hydrogens is 426 g/mol. The fourth-order valence-corrected chi connectivity index (χ4v) is 6.52. The Morgan fingerprint density at radius 1 is 1.12 bits per heavy atom. The Labute approximate surface area is 189 Å². The van der Waals surface area contributed by atoms with Gasteiger partial charge in [0.25, 0.3) is 0 Å². The predicted molar refractivity (Wildman–Crippen MR) is 123 cm³/mol. The van der Waals surface area contributed by atoms with E-state index in [-0.39, 0.29) is 28.8 Å². The lowest BCUT2D eigenvalue weighted by Crippen LogP contribution is -2.46. The van der Waals surface area contributed by atoms with Crippen LogP contribution in [-0.4, -0.2) is 43.2 Å². The molecule has 1 N–H and O–H groups in total. The van der Waals surface area contributed by atoms with Gasteiger partial charge < -0.3 is 10.2 Å². The van der Waals surface area contributed by atoms with Crippen molar-refractivity contribution in [2.75, 3.05) is 11.4 Å². The summed E-state index contributed by atoms with van der Waals surface area (Å²) in [7, 11) is -3.84. The van der Waals surface area contributed by atoms with Crippen molar-refractivity contribution in [2.45, 2.75) is 63.1 Å². The molecule has 0 unspecified atom stereocenters. The molecule has 2 amide bonds. The maximum absolute atomic E-state index is 13.5. The number of rotatable bonds is 5. The number of sulfonamides is 1. The molecule has 0 bridgehead atoms. The number of carbonyl (C=O) groups excluding carboxylic acids is 2. The van der Waals surface area contributed by atoms with Crippen molar-refractivity contribution >= 4 is 27.5 Å². The molecule has 0 radical (unpaired) electrons. The molecule has 2 aliphatic rings. The third-order valence-corrected chi connectivity index (χ3v) is 8.28. The third kappa shape index (κ3) is 4.04. The highest BCUT2D eigenvalue weighted by Gasteiger charge is 2.40. The van der Waals surface area contributed by atoms with Gasteiger partial charge in [-0.2, -0.15) is 4.31 Å². The normalized spacial score (nSPS) is 21.9. The van der Waals surface area contributed by atoms with Crippen LogP contribution in [0, 0.1) is 0 Å². The highest BCUT2D eigenvalue weighted by Crippen LogP contribution is 2.35. The lowest BCUT2D eigenvalue weighted by Gasteiger charge is -2.25. The van der Waals surface area contributed by atoms with Gasteiger partial charge in [0.05, 0.1) is 10.9 Å². The molecule has 32 heavy (non-hydrogen) atoms. The molecule has 0 saturated carbocycles. The summed E-state index contributed by atoms with van der Waals surface area (Å²) in [4.78, 5) is 26.8. The third-order valence-electron chi connectivity index (χ3n) is 6.38. The van der Waals surface area contributed by atoms with Gasteiger partial charge in [-0.05, 0) is 62.4 Å². The zero-order valence-corrected chi connectivity index (χ0v) is 19.4. The molecule has 0 spiro atoms. The maximum Gasteiger partial charge on any atom is 0.243 e. The molecule has 8 heteroatoms. The summed E-state index contributed by atoms with van der Waals surface area (Å²) in [6, 6.07) is 13.6. The van der Waals surface area contributed by atoms with Gasteiger partial charge in [-0.25, -0.2) is 8.42 Å². The van der Waals surface area contributed by atoms with E-state index in [0.717, 1.165) is 16.8 Å². The highest BCUT2D eigenvalue weighted by atomic mass is 32.2. The average molecular weight is 456 g/mol. The van der Waals surface area contributed by atoms with Crippen molar-refractivity contribution in [2.24, 2.45) is 0 Å². The van der Waals surface area contributed by atoms with Crippen LogP contribution in [0.25, 0.3) is 0 Å². The molecule has 7 nitrogen and oxygen atoms in total. The molecule has 4 rings (SSSR count). The zero-order valence-electron chi connectivity index (χ0n) is 18.6. The van der Waals surface area contributed by atoms with E-state index in [9.17, 15) is 18.0 Å². The van der Waals surface area contributed by atoms with Crippen LogP contribution in [0.15, 0.2) is 53.4 Å². The van der Waals surface area contributed by atoms with E-state index in [4.69, 9.17) is 0 Å². The largest absolute Gasteiger partial charge is 0.348 e. The summed E-state index contributed by atoms with van der Waals surface area (Å²) in [5.74, 6) is -0.337. The van der Waals surface area contributed by atoms with Crippen LogP contribution in [0.4, 0.5) is 5.69 Å². The second kappa shape index (κ2) is 8.67. The van der Waals surface area contributed by atoms with E-state index in [0.29, 0.717) is 25.8 Å². The van der Waals surface area contributed by atoms with Crippen molar-refractivity contribution in [3.8, 4) is 0 Å². The average Bonchev–Trinajstić information content (AvgIpc) is 3.38. The van der Waals surface area contributed by atoms with Gasteiger partial charge in [-0.3, -0.25) is 9.59 Å². The number of fused-ring (bicyclic) bond motifs is 1. The lowest BCUT2D eigenvalue weighted by atomic mass is 10.1. The smallest absolute Gasteiger partial charge is 0.243 e. The van der Waals surface area contributed by atoms with Gasteiger partial charge in [-0.15, -0.1) is 0 Å². The SMILES string of the molecule is CC(=O)N1c2ccc(S(=O)(=O)N3CCC[C@@H]3C(=O)N[C@H](C)c3ccccc3)cc2C[C@H]1C. The first-order valence-electron chi connectivity index (χ1n) is 11.0. The first-order valence-corrected chi connectivity index (χ1v) is 12.4. The van der Waals surface area contributed by atoms with E-state index in [1.807, 2.05) is 44.2 Å². The standard InChI is InChI=1S/C24H29N3O4S/c1-16-14-20-15-21(11-12-22(20)27(16)18(3)28)32(30,31)26-13-7-10-23(26)24(29)25-17(2)19-8-5-4-6-9-19/h4-6,8-9,11-12,15-17,23H,7,10,13-14H2,1-3H3,(H,25,29)/t16-,17-,23-/m1/s1. The summed E-state index contributed by atoms with van der Waals surface area (Å²) >= 11 is 0. The summed E-state index contributed by atoms with van der Waals surface area (Å²) in [5, 5.41) is 2.97. The molecular formula is C24H29N3O4S. The van der Waals surface area contributed by atoms with E-state index in [2.05, 4.69) is 5.32 Å². The van der Waals surface area contributed by atoms with Gasteiger partial charge in [0.2, 0.25) is 21.8 Å². The molecule has 0 aromatic heterocycles. The number of nitrogens with zero attached hydrogens (tertiary/aromatic N) is 2. The molecule has 2 heterocycles. The Hall–Kier alpha value is -2.71. The molecule has 170 valence electrons. The Balaban J connectivity index is 1.55. The van der Waals surface area contributed by atoms with Crippen molar-refractivity contribution in [1.82, 2.24) is 9.62 Å². The van der Waals surface area contributed by atoms with Crippen LogP contribution in [0.1, 0.15) is 50.8 Å². The molecule has 3 atom stereocenters. The Morgan fingerprint density at radius 2 is 1.84 bits per heavy atom.